The highest BCUT2D eigenvalue weighted by molar-refractivity contribution is 5.83. The molecule has 10 nitrogen and oxygen atoms in total. The van der Waals surface area contributed by atoms with Gasteiger partial charge in [0.05, 0.1) is 17.2 Å². The Bertz CT molecular complexity index is 1560. The fraction of sp³-hybridized carbons (Fsp3) is 0.429. The van der Waals surface area contributed by atoms with Crippen LogP contribution in [-0.4, -0.2) is 63.1 Å². The van der Waals surface area contributed by atoms with Crippen molar-refractivity contribution in [1.29, 1.82) is 0 Å². The molecule has 0 spiro atoms. The first-order chi connectivity index (χ1) is 19.2. The number of aromatic amines is 1. The van der Waals surface area contributed by atoms with Crippen LogP contribution in [0.25, 0.3) is 10.9 Å². The number of pyridine rings is 1. The van der Waals surface area contributed by atoms with Gasteiger partial charge in [-0.1, -0.05) is 31.4 Å². The molecule has 202 valence electrons. The predicted molar refractivity (Wildman–Crippen MR) is 143 cm³/mol. The van der Waals surface area contributed by atoms with Crippen LogP contribution in [-0.2, 0) is 0 Å². The third-order valence-corrected chi connectivity index (χ3v) is 8.22. The first kappa shape index (κ1) is 24.1. The van der Waals surface area contributed by atoms with Crippen LogP contribution in [0.3, 0.4) is 0 Å². The molecule has 2 aromatic carbocycles. The summed E-state index contributed by atoms with van der Waals surface area (Å²) >= 11 is 0. The van der Waals surface area contributed by atoms with Gasteiger partial charge in [0.2, 0.25) is 6.79 Å². The number of tetrazole rings is 1. The standard InChI is InChI=1S/C28H30FN7O3/c29-21-8-4-5-9-23(21)34-10-12-35(13-11-34)26(27-31-32-33-36(27)19-6-2-1-3-7-19)20-14-18-15-24-25(39-17-38-24)16-22(18)30-28(20)37/h4-5,8-9,14-16,19,26H,1-3,6-7,10-13,17H2,(H,30,37)/t26-/m0/s1. The second-order valence-electron chi connectivity index (χ2n) is 10.5. The maximum atomic E-state index is 14.5. The molecule has 1 atom stereocenters. The molecule has 0 radical (unpaired) electrons. The molecule has 2 aromatic heterocycles. The van der Waals surface area contributed by atoms with Crippen LogP contribution in [0.15, 0.2) is 47.3 Å². The number of H-pyrrole nitrogens is 1. The van der Waals surface area contributed by atoms with Gasteiger partial charge >= 0.3 is 0 Å². The highest BCUT2D eigenvalue weighted by atomic mass is 19.1. The molecule has 4 heterocycles. The van der Waals surface area contributed by atoms with Crippen LogP contribution in [0.1, 0.15) is 55.6 Å². The number of ether oxygens (including phenoxy) is 2. The van der Waals surface area contributed by atoms with Gasteiger partial charge in [-0.25, -0.2) is 9.07 Å². The number of rotatable bonds is 5. The van der Waals surface area contributed by atoms with Crippen LogP contribution in [0, 0.1) is 5.82 Å². The van der Waals surface area contributed by atoms with Crippen molar-refractivity contribution in [2.24, 2.45) is 0 Å². The summed E-state index contributed by atoms with van der Waals surface area (Å²) in [7, 11) is 0. The maximum Gasteiger partial charge on any atom is 0.253 e. The molecule has 4 aromatic rings. The van der Waals surface area contributed by atoms with Crippen molar-refractivity contribution in [3.8, 4) is 11.5 Å². The number of piperazine rings is 1. The molecular weight excluding hydrogens is 501 g/mol. The van der Waals surface area contributed by atoms with E-state index in [-0.39, 0.29) is 24.2 Å². The summed E-state index contributed by atoms with van der Waals surface area (Å²) in [5.74, 6) is 1.72. The van der Waals surface area contributed by atoms with Crippen LogP contribution >= 0.6 is 0 Å². The minimum absolute atomic E-state index is 0.161. The lowest BCUT2D eigenvalue weighted by Crippen LogP contribution is -2.49. The summed E-state index contributed by atoms with van der Waals surface area (Å²) < 4.78 is 27.6. The fourth-order valence-corrected chi connectivity index (χ4v) is 6.21. The van der Waals surface area contributed by atoms with Crippen molar-refractivity contribution >= 4 is 16.6 Å². The van der Waals surface area contributed by atoms with Gasteiger partial charge < -0.3 is 19.4 Å². The molecule has 7 rings (SSSR count). The number of aromatic nitrogens is 5. The number of benzene rings is 2. The molecular formula is C28H30FN7O3. The number of fused-ring (bicyclic) bond motifs is 2. The van der Waals surface area contributed by atoms with Gasteiger partial charge in [-0.2, -0.15) is 0 Å². The Morgan fingerprint density at radius 2 is 1.74 bits per heavy atom. The molecule has 1 aliphatic carbocycles. The molecule has 11 heteroatoms. The lowest BCUT2D eigenvalue weighted by molar-refractivity contribution is 0.174. The average molecular weight is 532 g/mol. The van der Waals surface area contributed by atoms with Gasteiger partial charge in [0.25, 0.3) is 5.56 Å². The largest absolute Gasteiger partial charge is 0.454 e. The zero-order valence-corrected chi connectivity index (χ0v) is 21.6. The maximum absolute atomic E-state index is 14.5. The number of nitrogens with zero attached hydrogens (tertiary/aromatic N) is 6. The number of halogens is 1. The smallest absolute Gasteiger partial charge is 0.253 e. The van der Waals surface area contributed by atoms with Crippen LogP contribution in [0.2, 0.25) is 0 Å². The van der Waals surface area contributed by atoms with Gasteiger partial charge in [0, 0.05) is 43.2 Å². The summed E-state index contributed by atoms with van der Waals surface area (Å²) in [6, 6.07) is 12.2. The van der Waals surface area contributed by atoms with Gasteiger partial charge in [-0.3, -0.25) is 9.69 Å². The third-order valence-electron chi connectivity index (χ3n) is 8.22. The molecule has 0 bridgehead atoms. The van der Waals surface area contributed by atoms with E-state index >= 15 is 0 Å². The number of anilines is 1. The Kier molecular flexibility index (Phi) is 6.15. The molecule has 2 fully saturated rings. The van der Waals surface area contributed by atoms with Crippen LogP contribution in [0.5, 0.6) is 11.5 Å². The SMILES string of the molecule is O=c1[nH]c2cc3c(cc2cc1[C@@H](c1nnnn1C1CCCCC1)N1CCN(c2ccccc2F)CC1)OCO3. The quantitative estimate of drug-likeness (QED) is 0.415. The lowest BCUT2D eigenvalue weighted by Gasteiger charge is -2.40. The van der Waals surface area contributed by atoms with Gasteiger partial charge in [-0.05, 0) is 47.5 Å². The topological polar surface area (TPSA) is 101 Å². The zero-order valence-electron chi connectivity index (χ0n) is 21.6. The molecule has 39 heavy (non-hydrogen) atoms. The van der Waals surface area contributed by atoms with Crippen LogP contribution in [0.4, 0.5) is 10.1 Å². The van der Waals surface area contributed by atoms with Gasteiger partial charge in [0.15, 0.2) is 17.3 Å². The molecule has 3 aliphatic rings. The summed E-state index contributed by atoms with van der Waals surface area (Å²) in [5.41, 5.74) is 1.66. The van der Waals surface area contributed by atoms with Crippen molar-refractivity contribution in [3.05, 3.63) is 70.0 Å². The fourth-order valence-electron chi connectivity index (χ4n) is 6.21. The van der Waals surface area contributed by atoms with E-state index in [9.17, 15) is 9.18 Å². The Hall–Kier alpha value is -3.99. The lowest BCUT2D eigenvalue weighted by atomic mass is 9.95. The number of nitrogens with one attached hydrogen (secondary N) is 1. The average Bonchev–Trinajstić information content (AvgIpc) is 3.63. The van der Waals surface area contributed by atoms with E-state index < -0.39 is 6.04 Å². The van der Waals surface area contributed by atoms with Crippen molar-refractivity contribution in [2.75, 3.05) is 37.9 Å². The van der Waals surface area contributed by atoms with E-state index in [1.54, 1.807) is 12.1 Å². The minimum atomic E-state index is -0.455. The minimum Gasteiger partial charge on any atom is -0.454 e. The molecule has 1 N–H and O–H groups in total. The van der Waals surface area contributed by atoms with E-state index in [4.69, 9.17) is 9.47 Å². The second-order valence-corrected chi connectivity index (χ2v) is 10.5. The molecule has 0 amide bonds. The number of hydrogen-bond acceptors (Lipinski definition) is 8. The van der Waals surface area contributed by atoms with Crippen molar-refractivity contribution in [2.45, 2.75) is 44.2 Å². The normalized spacial score (nSPS) is 19.1. The van der Waals surface area contributed by atoms with E-state index in [0.29, 0.717) is 60.3 Å². The van der Waals surface area contributed by atoms with E-state index in [1.807, 2.05) is 28.9 Å². The number of hydrogen-bond donors (Lipinski definition) is 1. The van der Waals surface area contributed by atoms with Gasteiger partial charge in [-0.15, -0.1) is 5.10 Å². The Morgan fingerprint density at radius 1 is 0.974 bits per heavy atom. The molecule has 2 aliphatic heterocycles. The van der Waals surface area contributed by atoms with E-state index in [1.165, 1.54) is 12.5 Å². The number of para-hydroxylation sites is 1. The van der Waals surface area contributed by atoms with Crippen molar-refractivity contribution < 1.29 is 13.9 Å². The molecule has 0 unspecified atom stereocenters. The van der Waals surface area contributed by atoms with E-state index in [2.05, 4.69) is 30.3 Å². The Labute approximate surface area is 224 Å². The summed E-state index contributed by atoms with van der Waals surface area (Å²) in [6.45, 7) is 2.64. The second kappa shape index (κ2) is 9.96. The Balaban J connectivity index is 1.28. The summed E-state index contributed by atoms with van der Waals surface area (Å²) in [5, 5.41) is 13.8. The summed E-state index contributed by atoms with van der Waals surface area (Å²) in [4.78, 5) is 21.0. The van der Waals surface area contributed by atoms with E-state index in [0.717, 1.165) is 31.1 Å². The zero-order chi connectivity index (χ0) is 26.3. The van der Waals surface area contributed by atoms with Crippen LogP contribution < -0.4 is 19.9 Å². The third kappa shape index (κ3) is 4.40. The predicted octanol–water partition coefficient (Wildman–Crippen LogP) is 3.80. The monoisotopic (exact) mass is 531 g/mol. The highest BCUT2D eigenvalue weighted by Crippen LogP contribution is 2.37. The molecule has 1 saturated carbocycles. The first-order valence-corrected chi connectivity index (χ1v) is 13.6. The van der Waals surface area contributed by atoms with Gasteiger partial charge in [0.1, 0.15) is 11.9 Å². The highest BCUT2D eigenvalue weighted by Gasteiger charge is 2.35. The first-order valence-electron chi connectivity index (χ1n) is 13.6. The molecule has 1 saturated heterocycles. The summed E-state index contributed by atoms with van der Waals surface area (Å²) in [6.07, 6.45) is 5.53. The Morgan fingerprint density at radius 3 is 2.54 bits per heavy atom. The van der Waals surface area contributed by atoms with Crippen molar-refractivity contribution in [1.82, 2.24) is 30.1 Å². The van der Waals surface area contributed by atoms with Crippen molar-refractivity contribution in [3.63, 3.8) is 0 Å².